The van der Waals surface area contributed by atoms with Gasteiger partial charge in [0.05, 0.1) is 25.0 Å². The van der Waals surface area contributed by atoms with Gasteiger partial charge in [0.1, 0.15) is 36.1 Å². The molecule has 0 radical (unpaired) electrons. The number of amides is 4. The number of ether oxygens (including phenoxy) is 3. The maximum Gasteiger partial charge on any atom is 0.259 e. The highest BCUT2D eigenvalue weighted by Gasteiger charge is 2.62. The fourth-order valence-electron chi connectivity index (χ4n) is 8.41. The number of fused-ring (bicyclic) bond motifs is 1. The van der Waals surface area contributed by atoms with Gasteiger partial charge in [-0.15, -0.1) is 6.58 Å². The van der Waals surface area contributed by atoms with Crippen LogP contribution < -0.4 is 24.8 Å². The van der Waals surface area contributed by atoms with Crippen molar-refractivity contribution < 1.29 is 41.8 Å². The summed E-state index contributed by atoms with van der Waals surface area (Å²) >= 11 is 0. The zero-order chi connectivity index (χ0) is 41.4. The minimum Gasteiger partial charge on any atom is -0.497 e. The largest absolute Gasteiger partial charge is 0.497 e. The minimum absolute atomic E-state index is 0.0275. The van der Waals surface area contributed by atoms with E-state index >= 15 is 0 Å². The van der Waals surface area contributed by atoms with Crippen molar-refractivity contribution in [3.63, 3.8) is 0 Å². The van der Waals surface area contributed by atoms with Crippen LogP contribution in [0.5, 0.6) is 11.6 Å². The third-order valence-corrected chi connectivity index (χ3v) is 13.9. The highest BCUT2D eigenvalue weighted by atomic mass is 32.2. The van der Waals surface area contributed by atoms with Crippen LogP contribution in [-0.4, -0.2) is 97.3 Å². The first-order valence-electron chi connectivity index (χ1n) is 20.2. The predicted octanol–water partition coefficient (Wildman–Crippen LogP) is 4.27. The van der Waals surface area contributed by atoms with E-state index in [1.54, 1.807) is 19.4 Å². The summed E-state index contributed by atoms with van der Waals surface area (Å²) in [7, 11) is -2.33. The molecule has 15 heteroatoms. The Hall–Kier alpha value is -4.24. The number of hydrogen-bond acceptors (Lipinski definition) is 10. The van der Waals surface area contributed by atoms with Gasteiger partial charge in [-0.1, -0.05) is 54.0 Å². The van der Waals surface area contributed by atoms with Crippen molar-refractivity contribution >= 4 is 44.4 Å². The summed E-state index contributed by atoms with van der Waals surface area (Å²) in [6.07, 6.45) is 6.46. The van der Waals surface area contributed by atoms with E-state index in [9.17, 15) is 27.6 Å². The second-order valence-electron chi connectivity index (χ2n) is 17.9. The zero-order valence-electron chi connectivity index (χ0n) is 34.2. The number of sulfonamides is 1. The number of benzene rings is 1. The van der Waals surface area contributed by atoms with Crippen molar-refractivity contribution in [1.29, 1.82) is 0 Å². The third kappa shape index (κ3) is 9.40. The van der Waals surface area contributed by atoms with Crippen molar-refractivity contribution in [2.45, 2.75) is 122 Å². The minimum atomic E-state index is -3.90. The van der Waals surface area contributed by atoms with Crippen LogP contribution >= 0.6 is 0 Å². The molecule has 1 aromatic carbocycles. The van der Waals surface area contributed by atoms with E-state index in [-0.39, 0.29) is 32.1 Å². The normalized spacial score (nSPS) is 28.0. The maximum absolute atomic E-state index is 14.7. The Kier molecular flexibility index (Phi) is 12.3. The van der Waals surface area contributed by atoms with E-state index < -0.39 is 74.0 Å². The average Bonchev–Trinajstić information content (AvgIpc) is 4.08. The molecule has 1 saturated heterocycles. The number of rotatable bonds is 15. The third-order valence-electron chi connectivity index (χ3n) is 12.1. The molecule has 0 bridgehead atoms. The second-order valence-corrected chi connectivity index (χ2v) is 19.9. The Balaban J connectivity index is 1.24. The molecule has 4 fully saturated rings. The quantitative estimate of drug-likeness (QED) is 0.220. The molecule has 1 aromatic heterocycles. The molecule has 4 aliphatic rings. The van der Waals surface area contributed by atoms with Crippen LogP contribution in [0.1, 0.15) is 86.5 Å². The molecule has 0 spiro atoms. The number of likely N-dealkylation sites (tertiary alicyclic amines) is 1. The molecule has 8 atom stereocenters. The molecule has 57 heavy (non-hydrogen) atoms. The van der Waals surface area contributed by atoms with Crippen LogP contribution in [0.3, 0.4) is 0 Å². The molecule has 3 aliphatic carbocycles. The van der Waals surface area contributed by atoms with E-state index in [1.165, 1.54) is 11.0 Å². The lowest BCUT2D eigenvalue weighted by Gasteiger charge is -2.38. The number of nitrogens with zero attached hydrogens (tertiary/aromatic N) is 2. The number of methoxy groups -OCH3 is 1. The molecular formula is C42H59N5O9S. The van der Waals surface area contributed by atoms with E-state index in [0.29, 0.717) is 47.6 Å². The Morgan fingerprint density at radius 3 is 2.46 bits per heavy atom. The maximum atomic E-state index is 14.7. The summed E-state index contributed by atoms with van der Waals surface area (Å²) in [6, 6.07) is 5.09. The molecule has 14 nitrogen and oxygen atoms in total. The molecule has 2 heterocycles. The Morgan fingerprint density at radius 1 is 1.09 bits per heavy atom. The number of hydrogen-bond donors (Lipinski definition) is 3. The summed E-state index contributed by atoms with van der Waals surface area (Å²) < 4.78 is 45.7. The lowest BCUT2D eigenvalue weighted by molar-refractivity contribution is -0.146. The Labute approximate surface area is 336 Å². The lowest BCUT2D eigenvalue weighted by atomic mass is 9.75. The van der Waals surface area contributed by atoms with E-state index in [4.69, 9.17) is 14.2 Å². The average molecular weight is 810 g/mol. The van der Waals surface area contributed by atoms with E-state index in [1.807, 2.05) is 39.0 Å². The molecule has 8 unspecified atom stereocenters. The van der Waals surface area contributed by atoms with Gasteiger partial charge in [-0.05, 0) is 84.9 Å². The number of carbonyl (C=O) groups is 4. The topological polar surface area (TPSA) is 182 Å². The number of aromatic nitrogens is 1. The number of pyridine rings is 1. The van der Waals surface area contributed by atoms with Crippen molar-refractivity contribution in [2.75, 3.05) is 20.3 Å². The Bertz CT molecular complexity index is 1980. The van der Waals surface area contributed by atoms with Crippen LogP contribution in [0, 0.1) is 29.1 Å². The molecule has 3 N–H and O–H groups in total. The van der Waals surface area contributed by atoms with Gasteiger partial charge in [-0.2, -0.15) is 0 Å². The van der Waals surface area contributed by atoms with Gasteiger partial charge >= 0.3 is 0 Å². The molecular weight excluding hydrogens is 751 g/mol. The van der Waals surface area contributed by atoms with Crippen LogP contribution in [0.4, 0.5) is 0 Å². The van der Waals surface area contributed by atoms with Crippen molar-refractivity contribution in [1.82, 2.24) is 25.2 Å². The van der Waals surface area contributed by atoms with Gasteiger partial charge in [-0.3, -0.25) is 23.9 Å². The van der Waals surface area contributed by atoms with Gasteiger partial charge in [0.2, 0.25) is 33.6 Å². The highest BCUT2D eigenvalue weighted by molar-refractivity contribution is 7.91. The van der Waals surface area contributed by atoms with Gasteiger partial charge in [0.15, 0.2) is 0 Å². The smallest absolute Gasteiger partial charge is 0.259 e. The first-order valence-corrected chi connectivity index (χ1v) is 21.7. The highest BCUT2D eigenvalue weighted by Crippen LogP contribution is 2.46. The molecule has 1 aliphatic heterocycles. The zero-order valence-corrected chi connectivity index (χ0v) is 35.0. The van der Waals surface area contributed by atoms with Crippen LogP contribution in [0.15, 0.2) is 43.1 Å². The molecule has 2 aromatic rings. The number of nitrogens with one attached hydrogen (secondary N) is 3. The van der Waals surface area contributed by atoms with Gasteiger partial charge in [0, 0.05) is 23.9 Å². The second kappa shape index (κ2) is 16.6. The summed E-state index contributed by atoms with van der Waals surface area (Å²) in [6.45, 7) is 15.6. The van der Waals surface area contributed by atoms with Gasteiger partial charge in [0.25, 0.3) is 5.91 Å². The standard InChI is InChI=1S/C42H59N5O9S/c1-9-27-21-42(27,40(51)46-57(52,53)30-12-13-30)45-37(49)33-20-29(56-38-32-15-11-28(54-8)19-26(32)16-17-43-38)22-47(33)39(50)36(41(5,6)7)44-35(48)23-55-34-18-25(4)10-14-31(34)24(2)3/h9,11,15-17,19,24-25,27,29-31,33-34,36H,1,10,12-14,18,20-23H2,2-8H3,(H,44,48)(H,45,49)(H,46,51). The molecule has 312 valence electrons. The fourth-order valence-corrected chi connectivity index (χ4v) is 9.77. The van der Waals surface area contributed by atoms with Crippen molar-refractivity contribution in [2.24, 2.45) is 29.1 Å². The molecule has 6 rings (SSSR count). The lowest BCUT2D eigenvalue weighted by Crippen LogP contribution is -2.60. The summed E-state index contributed by atoms with van der Waals surface area (Å²) in [5, 5.41) is 6.63. The van der Waals surface area contributed by atoms with Crippen LogP contribution in [0.25, 0.3) is 10.8 Å². The molecule has 4 amide bonds. The number of carbonyl (C=O) groups excluding carboxylic acids is 4. The summed E-state index contributed by atoms with van der Waals surface area (Å²) in [5.41, 5.74) is -2.34. The summed E-state index contributed by atoms with van der Waals surface area (Å²) in [4.78, 5) is 62.2. The van der Waals surface area contributed by atoms with Gasteiger partial charge < -0.3 is 29.7 Å². The van der Waals surface area contributed by atoms with Crippen molar-refractivity contribution in [3.8, 4) is 11.6 Å². The first-order chi connectivity index (χ1) is 26.9. The Morgan fingerprint density at radius 2 is 1.82 bits per heavy atom. The first kappa shape index (κ1) is 42.4. The summed E-state index contributed by atoms with van der Waals surface area (Å²) in [5.74, 6) is -0.764. The monoisotopic (exact) mass is 809 g/mol. The predicted molar refractivity (Wildman–Crippen MR) is 215 cm³/mol. The van der Waals surface area contributed by atoms with Crippen molar-refractivity contribution in [3.05, 3.63) is 43.1 Å². The van der Waals surface area contributed by atoms with E-state index in [2.05, 4.69) is 47.7 Å². The van der Waals surface area contributed by atoms with E-state index in [0.717, 1.165) is 24.6 Å². The van der Waals surface area contributed by atoms with Gasteiger partial charge in [-0.25, -0.2) is 13.4 Å². The van der Waals surface area contributed by atoms with Crippen LogP contribution in [0.2, 0.25) is 0 Å². The fraction of sp³-hybridized carbons (Fsp3) is 0.643. The van der Waals surface area contributed by atoms with Crippen LogP contribution in [-0.2, 0) is 33.9 Å². The molecule has 3 saturated carbocycles. The SMILES string of the molecule is C=CC1CC1(NC(=O)C1CC(Oc2nccc3cc(OC)ccc23)CN1C(=O)C(NC(=O)COC1CC(C)CCC1C(C)C)C(C)(C)C)C(=O)NS(=O)(=O)C1CC1.